The number of ether oxygens (including phenoxy) is 2. The normalized spacial score (nSPS) is 17.4. The fourth-order valence-electron chi connectivity index (χ4n) is 3.66. The molecule has 1 aliphatic heterocycles. The van der Waals surface area contributed by atoms with E-state index in [-0.39, 0.29) is 19.4 Å². The van der Waals surface area contributed by atoms with Crippen LogP contribution in [0.2, 0.25) is 0 Å². The fraction of sp³-hybridized carbons (Fsp3) is 0.696. The number of amides is 4. The molecule has 36 heavy (non-hydrogen) atoms. The molecule has 1 rings (SSSR count). The Hall–Kier alpha value is -3.51. The number of hydrogen-bond acceptors (Lipinski definition) is 9. The van der Waals surface area contributed by atoms with Crippen molar-refractivity contribution in [3.05, 3.63) is 0 Å². The van der Waals surface area contributed by atoms with Crippen LogP contribution in [0.5, 0.6) is 0 Å². The number of nitrogens with one attached hydrogen (secondary N) is 3. The third-order valence-corrected chi connectivity index (χ3v) is 5.76. The third kappa shape index (κ3) is 8.61. The van der Waals surface area contributed by atoms with Gasteiger partial charge in [-0.05, 0) is 32.6 Å². The van der Waals surface area contributed by atoms with Gasteiger partial charge >= 0.3 is 11.9 Å². The van der Waals surface area contributed by atoms with Crippen molar-refractivity contribution in [2.24, 2.45) is 5.92 Å². The van der Waals surface area contributed by atoms with E-state index in [4.69, 9.17) is 0 Å². The molecule has 0 aromatic carbocycles. The van der Waals surface area contributed by atoms with E-state index in [0.29, 0.717) is 12.8 Å². The summed E-state index contributed by atoms with van der Waals surface area (Å²) in [6.07, 6.45) is 0.600. The Morgan fingerprint density at radius 1 is 0.861 bits per heavy atom. The van der Waals surface area contributed by atoms with Crippen molar-refractivity contribution in [3.63, 3.8) is 0 Å². The number of likely N-dealkylation sites (tertiary alicyclic amines) is 1. The summed E-state index contributed by atoms with van der Waals surface area (Å²) in [4.78, 5) is 86.7. The second kappa shape index (κ2) is 14.1. The lowest BCUT2D eigenvalue weighted by Crippen LogP contribution is -2.57. The number of carbonyl (C=O) groups is 7. The number of Topliss-reactive ketones (excluding diaryl/α,β-unsaturated/α-hetero) is 1. The zero-order valence-electron chi connectivity index (χ0n) is 21.5. The maximum atomic E-state index is 13.0. The lowest BCUT2D eigenvalue weighted by molar-refractivity contribution is -0.153. The van der Waals surface area contributed by atoms with E-state index < -0.39 is 71.4 Å². The summed E-state index contributed by atoms with van der Waals surface area (Å²) in [5, 5.41) is 7.50. The molecule has 0 aliphatic carbocycles. The molecule has 4 atom stereocenters. The van der Waals surface area contributed by atoms with Crippen LogP contribution < -0.4 is 16.0 Å². The number of esters is 2. The zero-order valence-corrected chi connectivity index (χ0v) is 21.5. The first-order valence-corrected chi connectivity index (χ1v) is 11.7. The van der Waals surface area contributed by atoms with Crippen LogP contribution in [0.1, 0.15) is 53.4 Å². The van der Waals surface area contributed by atoms with Crippen LogP contribution in [0, 0.1) is 5.92 Å². The van der Waals surface area contributed by atoms with Gasteiger partial charge in [0.2, 0.25) is 23.6 Å². The molecule has 0 spiro atoms. The number of ketones is 1. The molecule has 0 saturated carbocycles. The molecule has 13 nitrogen and oxygen atoms in total. The minimum atomic E-state index is -1.11. The van der Waals surface area contributed by atoms with Crippen molar-refractivity contribution in [2.75, 3.05) is 20.8 Å². The Morgan fingerprint density at radius 3 is 2.06 bits per heavy atom. The molecular formula is C23H36N4O9. The van der Waals surface area contributed by atoms with Gasteiger partial charge in [-0.15, -0.1) is 0 Å². The van der Waals surface area contributed by atoms with E-state index in [0.717, 1.165) is 7.11 Å². The molecule has 4 amide bonds. The maximum Gasteiger partial charge on any atom is 0.376 e. The summed E-state index contributed by atoms with van der Waals surface area (Å²) in [5.41, 5.74) is 0. The van der Waals surface area contributed by atoms with Crippen molar-refractivity contribution in [1.29, 1.82) is 0 Å². The highest BCUT2D eigenvalue weighted by Crippen LogP contribution is 2.19. The van der Waals surface area contributed by atoms with Gasteiger partial charge in [-0.2, -0.15) is 0 Å². The Bertz CT molecular complexity index is 874. The standard InChI is InChI=1S/C23H36N4O9/c1-12(2)18(19(30)23(34)36-6)26-21(32)15-8-7-11-27(15)22(33)14(4)25-20(31)13(3)24-16(28)9-10-17(29)35-5/h12-15,18H,7-11H2,1-6H3,(H,24,28)(H,25,31)(H,26,32)/t13-,14-,15-,18-/m0/s1. The van der Waals surface area contributed by atoms with Crippen molar-refractivity contribution in [2.45, 2.75) is 77.5 Å². The van der Waals surface area contributed by atoms with Crippen molar-refractivity contribution < 1.29 is 43.0 Å². The fourth-order valence-corrected chi connectivity index (χ4v) is 3.66. The highest BCUT2D eigenvalue weighted by molar-refractivity contribution is 6.36. The number of carbonyl (C=O) groups excluding carboxylic acids is 7. The lowest BCUT2D eigenvalue weighted by atomic mass is 9.99. The minimum absolute atomic E-state index is 0.132. The molecule has 202 valence electrons. The van der Waals surface area contributed by atoms with E-state index in [2.05, 4.69) is 25.4 Å². The molecule has 1 heterocycles. The van der Waals surface area contributed by atoms with E-state index in [1.807, 2.05) is 0 Å². The van der Waals surface area contributed by atoms with Crippen LogP contribution in [-0.4, -0.2) is 91.2 Å². The summed E-state index contributed by atoms with van der Waals surface area (Å²) >= 11 is 0. The molecule has 0 aromatic rings. The Balaban J connectivity index is 2.74. The molecule has 3 N–H and O–H groups in total. The Kier molecular flexibility index (Phi) is 12.0. The summed E-state index contributed by atoms with van der Waals surface area (Å²) in [5.74, 6) is -5.15. The van der Waals surface area contributed by atoms with Gasteiger partial charge in [0.15, 0.2) is 0 Å². The second-order valence-electron chi connectivity index (χ2n) is 8.87. The maximum absolute atomic E-state index is 13.0. The first-order valence-electron chi connectivity index (χ1n) is 11.7. The van der Waals surface area contributed by atoms with Crippen molar-refractivity contribution >= 4 is 41.4 Å². The minimum Gasteiger partial charge on any atom is -0.469 e. The van der Waals surface area contributed by atoms with Crippen LogP contribution in [0.4, 0.5) is 0 Å². The summed E-state index contributed by atoms with van der Waals surface area (Å²) < 4.78 is 8.92. The van der Waals surface area contributed by atoms with Gasteiger partial charge in [0, 0.05) is 13.0 Å². The van der Waals surface area contributed by atoms with Crippen LogP contribution in [0.25, 0.3) is 0 Å². The van der Waals surface area contributed by atoms with Gasteiger partial charge in [-0.3, -0.25) is 28.8 Å². The highest BCUT2D eigenvalue weighted by Gasteiger charge is 2.39. The van der Waals surface area contributed by atoms with Crippen LogP contribution >= 0.6 is 0 Å². The highest BCUT2D eigenvalue weighted by atomic mass is 16.5. The van der Waals surface area contributed by atoms with Crippen LogP contribution in [0.15, 0.2) is 0 Å². The monoisotopic (exact) mass is 512 g/mol. The average molecular weight is 513 g/mol. The smallest absolute Gasteiger partial charge is 0.376 e. The molecule has 1 saturated heterocycles. The Labute approximate surface area is 210 Å². The average Bonchev–Trinajstić information content (AvgIpc) is 3.33. The summed E-state index contributed by atoms with van der Waals surface area (Å²) in [6.45, 7) is 6.48. The number of methoxy groups -OCH3 is 2. The number of rotatable bonds is 12. The number of nitrogens with zero attached hydrogens (tertiary/aromatic N) is 1. The lowest BCUT2D eigenvalue weighted by Gasteiger charge is -2.29. The SMILES string of the molecule is COC(=O)CCC(=O)N[C@@H](C)C(=O)N[C@@H](C)C(=O)N1CCC[C@H]1C(=O)N[C@H](C(=O)C(=O)OC)C(C)C. The molecular weight excluding hydrogens is 476 g/mol. The number of hydrogen-bond donors (Lipinski definition) is 3. The Morgan fingerprint density at radius 2 is 1.50 bits per heavy atom. The molecule has 13 heteroatoms. The van der Waals surface area contributed by atoms with E-state index in [1.165, 1.54) is 25.9 Å². The first-order chi connectivity index (χ1) is 16.8. The predicted octanol–water partition coefficient (Wildman–Crippen LogP) is -1.18. The first kappa shape index (κ1) is 30.5. The third-order valence-electron chi connectivity index (χ3n) is 5.76. The van der Waals surface area contributed by atoms with Crippen LogP contribution in [-0.2, 0) is 43.0 Å². The van der Waals surface area contributed by atoms with Gasteiger partial charge in [0.25, 0.3) is 5.78 Å². The van der Waals surface area contributed by atoms with Gasteiger partial charge in [0.05, 0.1) is 20.6 Å². The van der Waals surface area contributed by atoms with Crippen molar-refractivity contribution in [3.8, 4) is 0 Å². The van der Waals surface area contributed by atoms with Crippen LogP contribution in [0.3, 0.4) is 0 Å². The predicted molar refractivity (Wildman–Crippen MR) is 125 cm³/mol. The van der Waals surface area contributed by atoms with E-state index >= 15 is 0 Å². The summed E-state index contributed by atoms with van der Waals surface area (Å²) in [7, 11) is 2.27. The molecule has 0 bridgehead atoms. The molecule has 0 radical (unpaired) electrons. The van der Waals surface area contributed by atoms with E-state index in [9.17, 15) is 33.6 Å². The van der Waals surface area contributed by atoms with E-state index in [1.54, 1.807) is 13.8 Å². The van der Waals surface area contributed by atoms with Gasteiger partial charge in [-0.25, -0.2) is 4.79 Å². The molecule has 1 aliphatic rings. The molecule has 0 aromatic heterocycles. The summed E-state index contributed by atoms with van der Waals surface area (Å²) in [6, 6.07) is -3.96. The zero-order chi connectivity index (χ0) is 27.6. The topological polar surface area (TPSA) is 177 Å². The molecule has 1 fully saturated rings. The van der Waals surface area contributed by atoms with Crippen molar-refractivity contribution in [1.82, 2.24) is 20.9 Å². The molecule has 0 unspecified atom stereocenters. The van der Waals surface area contributed by atoms with Gasteiger partial charge in [0.1, 0.15) is 24.2 Å². The van der Waals surface area contributed by atoms with Gasteiger partial charge in [-0.1, -0.05) is 13.8 Å². The van der Waals surface area contributed by atoms with Gasteiger partial charge < -0.3 is 30.3 Å². The largest absolute Gasteiger partial charge is 0.469 e. The quantitative estimate of drug-likeness (QED) is 0.215. The second-order valence-corrected chi connectivity index (χ2v) is 8.87.